The van der Waals surface area contributed by atoms with E-state index in [1.165, 1.54) is 12.1 Å². The molecule has 0 saturated carbocycles. The molecule has 0 radical (unpaired) electrons. The smallest absolute Gasteiger partial charge is 0.321 e. The number of nitrogens with zero attached hydrogens (tertiary/aromatic N) is 2. The quantitative estimate of drug-likeness (QED) is 0.936. The zero-order valence-electron chi connectivity index (χ0n) is 14.0. The number of furan rings is 1. The molecule has 24 heavy (non-hydrogen) atoms. The average molecular weight is 331 g/mol. The van der Waals surface area contributed by atoms with E-state index in [4.69, 9.17) is 4.42 Å². The van der Waals surface area contributed by atoms with E-state index in [1.54, 1.807) is 17.2 Å². The summed E-state index contributed by atoms with van der Waals surface area (Å²) in [6.45, 7) is 1.07. The summed E-state index contributed by atoms with van der Waals surface area (Å²) in [6.07, 6.45) is 3.26. The Morgan fingerprint density at radius 2 is 2.25 bits per heavy atom. The standard InChI is InChI=1S/C18H22FN3O2/c1-21(2)16(17-6-4-10-24-17)12-20-18(23)22-9-3-5-13-11-14(19)7-8-15(13)22/h4,6-8,10-11,16H,3,5,9,12H2,1-2H3,(H,20,23)/t16-/m1/s1. The Balaban J connectivity index is 1.70. The van der Waals surface area contributed by atoms with Gasteiger partial charge in [-0.15, -0.1) is 0 Å². The molecule has 2 aromatic rings. The summed E-state index contributed by atoms with van der Waals surface area (Å²) in [5.41, 5.74) is 1.67. The number of likely N-dealkylation sites (N-methyl/N-ethyl adjacent to an activating group) is 1. The highest BCUT2D eigenvalue weighted by atomic mass is 19.1. The van der Waals surface area contributed by atoms with Crippen molar-refractivity contribution in [2.75, 3.05) is 32.1 Å². The molecule has 0 unspecified atom stereocenters. The van der Waals surface area contributed by atoms with Gasteiger partial charge in [0.25, 0.3) is 0 Å². The minimum absolute atomic E-state index is 0.0403. The molecule has 0 spiro atoms. The van der Waals surface area contributed by atoms with Gasteiger partial charge in [-0.05, 0) is 62.8 Å². The van der Waals surface area contributed by atoms with Gasteiger partial charge >= 0.3 is 6.03 Å². The number of carbonyl (C=O) groups is 1. The third-order valence-corrected chi connectivity index (χ3v) is 4.35. The fraction of sp³-hybridized carbons (Fsp3) is 0.389. The van der Waals surface area contributed by atoms with Crippen molar-refractivity contribution in [2.45, 2.75) is 18.9 Å². The van der Waals surface area contributed by atoms with Crippen LogP contribution < -0.4 is 10.2 Å². The number of hydrogen-bond acceptors (Lipinski definition) is 3. The van der Waals surface area contributed by atoms with Gasteiger partial charge in [-0.25, -0.2) is 9.18 Å². The van der Waals surface area contributed by atoms with Gasteiger partial charge in [-0.1, -0.05) is 0 Å². The van der Waals surface area contributed by atoms with Crippen LogP contribution in [0.5, 0.6) is 0 Å². The Kier molecular flexibility index (Phi) is 4.85. The molecule has 3 rings (SSSR count). The number of rotatable bonds is 4. The lowest BCUT2D eigenvalue weighted by Gasteiger charge is -2.31. The number of halogens is 1. The van der Waals surface area contributed by atoms with Crippen LogP contribution in [0.3, 0.4) is 0 Å². The summed E-state index contributed by atoms with van der Waals surface area (Å²) in [4.78, 5) is 16.3. The number of benzene rings is 1. The molecule has 2 heterocycles. The van der Waals surface area contributed by atoms with Gasteiger partial charge in [0, 0.05) is 18.8 Å². The third-order valence-electron chi connectivity index (χ3n) is 4.35. The number of urea groups is 1. The van der Waals surface area contributed by atoms with E-state index < -0.39 is 0 Å². The first-order valence-corrected chi connectivity index (χ1v) is 8.10. The molecule has 1 N–H and O–H groups in total. The number of fused-ring (bicyclic) bond motifs is 1. The van der Waals surface area contributed by atoms with Crippen LogP contribution in [-0.4, -0.2) is 38.1 Å². The van der Waals surface area contributed by atoms with Crippen LogP contribution in [0.25, 0.3) is 0 Å². The van der Waals surface area contributed by atoms with E-state index in [9.17, 15) is 9.18 Å². The SMILES string of the molecule is CN(C)[C@H](CNC(=O)N1CCCc2cc(F)ccc21)c1ccco1. The zero-order valence-corrected chi connectivity index (χ0v) is 14.0. The third kappa shape index (κ3) is 3.43. The van der Waals surface area contributed by atoms with Crippen LogP contribution in [0.4, 0.5) is 14.9 Å². The van der Waals surface area contributed by atoms with Crippen molar-refractivity contribution in [1.29, 1.82) is 0 Å². The van der Waals surface area contributed by atoms with Gasteiger partial charge in [0.1, 0.15) is 11.6 Å². The molecule has 1 atom stereocenters. The van der Waals surface area contributed by atoms with Crippen molar-refractivity contribution < 1.29 is 13.6 Å². The van der Waals surface area contributed by atoms with Gasteiger partial charge in [0.15, 0.2) is 0 Å². The lowest BCUT2D eigenvalue weighted by atomic mass is 10.0. The molecule has 0 saturated heterocycles. The minimum Gasteiger partial charge on any atom is -0.468 e. The number of nitrogens with one attached hydrogen (secondary N) is 1. The van der Waals surface area contributed by atoms with Gasteiger partial charge in [-0.3, -0.25) is 9.80 Å². The Hall–Kier alpha value is -2.34. The molecule has 1 aliphatic heterocycles. The maximum Gasteiger partial charge on any atom is 0.321 e. The lowest BCUT2D eigenvalue weighted by Crippen LogP contribution is -2.45. The Morgan fingerprint density at radius 1 is 1.42 bits per heavy atom. The highest BCUT2D eigenvalue weighted by Crippen LogP contribution is 2.28. The van der Waals surface area contributed by atoms with Crippen molar-refractivity contribution in [2.24, 2.45) is 0 Å². The number of anilines is 1. The molecule has 0 fully saturated rings. The van der Waals surface area contributed by atoms with Crippen molar-refractivity contribution >= 4 is 11.7 Å². The van der Waals surface area contributed by atoms with Gasteiger partial charge in [-0.2, -0.15) is 0 Å². The molecule has 1 aromatic carbocycles. The van der Waals surface area contributed by atoms with E-state index in [2.05, 4.69) is 5.32 Å². The van der Waals surface area contributed by atoms with E-state index >= 15 is 0 Å². The summed E-state index contributed by atoms with van der Waals surface area (Å²) in [6, 6.07) is 8.12. The molecule has 6 heteroatoms. The molecule has 0 bridgehead atoms. The molecule has 2 amide bonds. The molecule has 0 aliphatic carbocycles. The summed E-state index contributed by atoms with van der Waals surface area (Å²) in [5.74, 6) is 0.544. The van der Waals surface area contributed by atoms with Crippen LogP contribution in [0, 0.1) is 5.82 Å². The Morgan fingerprint density at radius 3 is 2.96 bits per heavy atom. The normalized spacial score (nSPS) is 15.2. The summed E-state index contributed by atoms with van der Waals surface area (Å²) < 4.78 is 18.8. The summed E-state index contributed by atoms with van der Waals surface area (Å²) in [7, 11) is 3.89. The largest absolute Gasteiger partial charge is 0.468 e. The number of carbonyl (C=O) groups excluding carboxylic acids is 1. The van der Waals surface area contributed by atoms with Crippen LogP contribution in [0.2, 0.25) is 0 Å². The highest BCUT2D eigenvalue weighted by molar-refractivity contribution is 5.93. The topological polar surface area (TPSA) is 48.7 Å². The number of amides is 2. The summed E-state index contributed by atoms with van der Waals surface area (Å²) in [5, 5.41) is 2.97. The second-order valence-electron chi connectivity index (χ2n) is 6.21. The predicted octanol–water partition coefficient (Wildman–Crippen LogP) is 3.18. The first kappa shape index (κ1) is 16.5. The van der Waals surface area contributed by atoms with E-state index in [0.29, 0.717) is 13.1 Å². The van der Waals surface area contributed by atoms with E-state index in [0.717, 1.165) is 29.9 Å². The molecule has 128 valence electrons. The van der Waals surface area contributed by atoms with Crippen molar-refractivity contribution in [1.82, 2.24) is 10.2 Å². The maximum atomic E-state index is 13.4. The zero-order chi connectivity index (χ0) is 17.1. The first-order chi connectivity index (χ1) is 11.6. The monoisotopic (exact) mass is 331 g/mol. The molecular weight excluding hydrogens is 309 g/mol. The highest BCUT2D eigenvalue weighted by Gasteiger charge is 2.24. The van der Waals surface area contributed by atoms with Crippen LogP contribution in [-0.2, 0) is 6.42 Å². The van der Waals surface area contributed by atoms with Crippen molar-refractivity contribution in [3.05, 3.63) is 53.7 Å². The van der Waals surface area contributed by atoms with Crippen LogP contribution >= 0.6 is 0 Å². The van der Waals surface area contributed by atoms with Crippen molar-refractivity contribution in [3.63, 3.8) is 0 Å². The fourth-order valence-electron chi connectivity index (χ4n) is 3.07. The molecule has 1 aromatic heterocycles. The molecule has 5 nitrogen and oxygen atoms in total. The second-order valence-corrected chi connectivity index (χ2v) is 6.21. The van der Waals surface area contributed by atoms with Crippen LogP contribution in [0.1, 0.15) is 23.8 Å². The van der Waals surface area contributed by atoms with E-state index in [1.807, 2.05) is 31.1 Å². The van der Waals surface area contributed by atoms with E-state index in [-0.39, 0.29) is 17.9 Å². The Bertz CT molecular complexity index is 700. The Labute approximate surface area is 141 Å². The maximum absolute atomic E-state index is 13.4. The first-order valence-electron chi connectivity index (χ1n) is 8.10. The van der Waals surface area contributed by atoms with Crippen molar-refractivity contribution in [3.8, 4) is 0 Å². The van der Waals surface area contributed by atoms with Gasteiger partial charge in [0.2, 0.25) is 0 Å². The van der Waals surface area contributed by atoms with Gasteiger partial charge < -0.3 is 9.73 Å². The van der Waals surface area contributed by atoms with Crippen LogP contribution in [0.15, 0.2) is 41.0 Å². The number of aryl methyl sites for hydroxylation is 1. The minimum atomic E-state index is -0.263. The molecule has 1 aliphatic rings. The predicted molar refractivity (Wildman–Crippen MR) is 90.6 cm³/mol. The molecular formula is C18H22FN3O2. The fourth-order valence-corrected chi connectivity index (χ4v) is 3.07. The average Bonchev–Trinajstić information content (AvgIpc) is 3.07. The lowest BCUT2D eigenvalue weighted by molar-refractivity contribution is 0.229. The van der Waals surface area contributed by atoms with Gasteiger partial charge in [0.05, 0.1) is 12.3 Å². The second kappa shape index (κ2) is 7.05. The summed E-state index contributed by atoms with van der Waals surface area (Å²) >= 11 is 0. The number of hydrogen-bond donors (Lipinski definition) is 1.